The highest BCUT2D eigenvalue weighted by molar-refractivity contribution is 5.96. The number of benzene rings is 2. The largest absolute Gasteiger partial charge is 0.493 e. The van der Waals surface area contributed by atoms with Crippen molar-refractivity contribution in [2.45, 2.75) is 25.8 Å². The second kappa shape index (κ2) is 11.0. The number of likely N-dealkylation sites (N-methyl/N-ethyl adjacent to an activating group) is 1. The first-order chi connectivity index (χ1) is 15.5. The molecule has 3 rings (SSSR count). The van der Waals surface area contributed by atoms with Gasteiger partial charge in [-0.25, -0.2) is 0 Å². The molecule has 1 atom stereocenters. The average Bonchev–Trinajstić information content (AvgIpc) is 3.21. The normalized spacial score (nSPS) is 16.7. The van der Waals surface area contributed by atoms with Gasteiger partial charge in [0.2, 0.25) is 5.75 Å². The van der Waals surface area contributed by atoms with Gasteiger partial charge in [0, 0.05) is 24.7 Å². The first kappa shape index (κ1) is 23.7. The molecule has 0 radical (unpaired) electrons. The molecule has 0 spiro atoms. The molecule has 0 saturated carbocycles. The van der Waals surface area contributed by atoms with Gasteiger partial charge in [0.15, 0.2) is 11.5 Å². The van der Waals surface area contributed by atoms with Crippen molar-refractivity contribution in [3.8, 4) is 17.2 Å². The van der Waals surface area contributed by atoms with Gasteiger partial charge >= 0.3 is 0 Å². The van der Waals surface area contributed by atoms with Crippen LogP contribution in [-0.2, 0) is 0 Å². The number of amides is 1. The van der Waals surface area contributed by atoms with E-state index >= 15 is 0 Å². The van der Waals surface area contributed by atoms with Gasteiger partial charge in [-0.3, -0.25) is 4.79 Å². The van der Waals surface area contributed by atoms with Gasteiger partial charge in [0.1, 0.15) is 0 Å². The number of carbonyl (C=O) groups is 1. The minimum absolute atomic E-state index is 0.0506. The summed E-state index contributed by atoms with van der Waals surface area (Å²) in [5.74, 6) is 1.38. The highest BCUT2D eigenvalue weighted by Gasteiger charge is 2.27. The number of rotatable bonds is 9. The lowest BCUT2D eigenvalue weighted by atomic mass is 10.1. The van der Waals surface area contributed by atoms with E-state index in [1.807, 2.05) is 23.1 Å². The van der Waals surface area contributed by atoms with E-state index in [9.17, 15) is 4.79 Å². The molecule has 0 bridgehead atoms. The van der Waals surface area contributed by atoms with Crippen molar-refractivity contribution in [1.29, 1.82) is 0 Å². The minimum Gasteiger partial charge on any atom is -0.493 e. The monoisotopic (exact) mass is 438 g/mol. The second-order valence-electron chi connectivity index (χ2n) is 8.28. The molecule has 1 aliphatic heterocycles. The zero-order chi connectivity index (χ0) is 23.1. The zero-order valence-electron chi connectivity index (χ0n) is 19.8. The molecule has 6 heteroatoms. The number of likely N-dealkylation sites (tertiary alicyclic amines) is 1. The lowest BCUT2D eigenvalue weighted by Gasteiger charge is -2.30. The zero-order valence-corrected chi connectivity index (χ0v) is 19.8. The molecule has 1 fully saturated rings. The first-order valence-electron chi connectivity index (χ1n) is 11.0. The van der Waals surface area contributed by atoms with Crippen molar-refractivity contribution in [3.63, 3.8) is 0 Å². The predicted octanol–water partition coefficient (Wildman–Crippen LogP) is 4.35. The molecule has 0 aliphatic carbocycles. The minimum atomic E-state index is -0.0506. The molecular weight excluding hydrogens is 404 g/mol. The topological polar surface area (TPSA) is 51.2 Å². The molecule has 0 N–H and O–H groups in total. The number of ether oxygens (including phenoxy) is 3. The summed E-state index contributed by atoms with van der Waals surface area (Å²) in [5.41, 5.74) is 2.77. The van der Waals surface area contributed by atoms with E-state index in [2.05, 4.69) is 37.1 Å². The first-order valence-corrected chi connectivity index (χ1v) is 11.0. The summed E-state index contributed by atoms with van der Waals surface area (Å²) in [6.07, 6.45) is 4.39. The van der Waals surface area contributed by atoms with Gasteiger partial charge in [0.05, 0.1) is 21.3 Å². The number of hydrogen-bond acceptors (Lipinski definition) is 5. The fourth-order valence-corrected chi connectivity index (χ4v) is 4.25. The molecule has 172 valence electrons. The maximum atomic E-state index is 13.7. The van der Waals surface area contributed by atoms with E-state index < -0.39 is 0 Å². The Bertz CT molecular complexity index is 917. The smallest absolute Gasteiger partial charge is 0.254 e. The molecule has 2 aromatic rings. The van der Waals surface area contributed by atoms with E-state index in [0.717, 1.165) is 30.5 Å². The van der Waals surface area contributed by atoms with Crippen LogP contribution in [0.2, 0.25) is 0 Å². The maximum Gasteiger partial charge on any atom is 0.254 e. The third-order valence-corrected chi connectivity index (χ3v) is 5.95. The molecule has 1 saturated heterocycles. The number of nitrogens with zero attached hydrogens (tertiary/aromatic N) is 2. The number of methoxy groups -OCH3 is 3. The summed E-state index contributed by atoms with van der Waals surface area (Å²) in [6, 6.07) is 14.0. The van der Waals surface area contributed by atoms with Crippen molar-refractivity contribution < 1.29 is 19.0 Å². The quantitative estimate of drug-likeness (QED) is 0.583. The van der Waals surface area contributed by atoms with Crippen LogP contribution in [0.1, 0.15) is 35.7 Å². The third kappa shape index (κ3) is 5.62. The van der Waals surface area contributed by atoms with E-state index in [1.165, 1.54) is 0 Å². The van der Waals surface area contributed by atoms with Gasteiger partial charge in [-0.05, 0) is 51.1 Å². The van der Waals surface area contributed by atoms with E-state index in [0.29, 0.717) is 41.9 Å². The van der Waals surface area contributed by atoms with Crippen molar-refractivity contribution in [3.05, 3.63) is 59.2 Å². The number of carbonyl (C=O) groups excluding carboxylic acids is 1. The molecule has 1 heterocycles. The summed E-state index contributed by atoms with van der Waals surface area (Å²) in [7, 11) is 6.81. The summed E-state index contributed by atoms with van der Waals surface area (Å²) in [6.45, 7) is 4.36. The molecule has 0 aromatic heterocycles. The lowest BCUT2D eigenvalue weighted by Crippen LogP contribution is -2.42. The maximum absolute atomic E-state index is 13.7. The molecular formula is C26H34N2O4. The molecule has 1 amide bonds. The Labute approximate surface area is 191 Å². The molecule has 1 unspecified atom stereocenters. The highest BCUT2D eigenvalue weighted by atomic mass is 16.5. The summed E-state index contributed by atoms with van der Waals surface area (Å²) in [5, 5.41) is 0. The van der Waals surface area contributed by atoms with Crippen LogP contribution in [0.3, 0.4) is 0 Å². The van der Waals surface area contributed by atoms with Gasteiger partial charge < -0.3 is 24.0 Å². The molecule has 32 heavy (non-hydrogen) atoms. The van der Waals surface area contributed by atoms with Gasteiger partial charge in [-0.1, -0.05) is 42.0 Å². The Morgan fingerprint density at radius 3 is 2.28 bits per heavy atom. The van der Waals surface area contributed by atoms with Crippen LogP contribution in [0.15, 0.2) is 48.0 Å². The van der Waals surface area contributed by atoms with Crippen LogP contribution in [0, 0.1) is 0 Å². The van der Waals surface area contributed by atoms with Gasteiger partial charge in [-0.2, -0.15) is 0 Å². The Morgan fingerprint density at radius 2 is 1.75 bits per heavy atom. The fourth-order valence-electron chi connectivity index (χ4n) is 4.25. The van der Waals surface area contributed by atoms with Gasteiger partial charge in [0.25, 0.3) is 5.91 Å². The van der Waals surface area contributed by atoms with Crippen LogP contribution >= 0.6 is 0 Å². The van der Waals surface area contributed by atoms with Gasteiger partial charge in [-0.15, -0.1) is 0 Å². The Balaban J connectivity index is 1.91. The van der Waals surface area contributed by atoms with E-state index in [4.69, 9.17) is 14.2 Å². The summed E-state index contributed by atoms with van der Waals surface area (Å²) in [4.78, 5) is 18.0. The second-order valence-corrected chi connectivity index (χ2v) is 8.28. The summed E-state index contributed by atoms with van der Waals surface area (Å²) < 4.78 is 16.3. The lowest BCUT2D eigenvalue weighted by molar-refractivity contribution is 0.0731. The van der Waals surface area contributed by atoms with Crippen LogP contribution in [-0.4, -0.2) is 69.8 Å². The van der Waals surface area contributed by atoms with Crippen molar-refractivity contribution >= 4 is 12.0 Å². The van der Waals surface area contributed by atoms with Crippen LogP contribution in [0.25, 0.3) is 6.08 Å². The average molecular weight is 439 g/mol. The standard InChI is InChI=1S/C26H34N2O4/c1-19(14-20-10-7-6-8-11-20)17-28(18-22-12-9-13-27(22)2)26(29)21-15-23(30-3)25(32-5)24(16-21)31-4/h6-8,10-11,14-16,22H,9,12-13,17-18H2,1-5H3. The van der Waals surface area contributed by atoms with E-state index in [-0.39, 0.29) is 5.91 Å². The van der Waals surface area contributed by atoms with E-state index in [1.54, 1.807) is 33.5 Å². The Hall–Kier alpha value is -2.99. The van der Waals surface area contributed by atoms with Crippen molar-refractivity contribution in [2.75, 3.05) is 48.0 Å². The fraction of sp³-hybridized carbons (Fsp3) is 0.423. The summed E-state index contributed by atoms with van der Waals surface area (Å²) >= 11 is 0. The highest BCUT2D eigenvalue weighted by Crippen LogP contribution is 2.38. The van der Waals surface area contributed by atoms with Crippen LogP contribution in [0.5, 0.6) is 17.2 Å². The van der Waals surface area contributed by atoms with Crippen molar-refractivity contribution in [2.24, 2.45) is 0 Å². The Kier molecular flexibility index (Phi) is 8.17. The third-order valence-electron chi connectivity index (χ3n) is 5.95. The SMILES string of the molecule is COc1cc(C(=O)N(CC(C)=Cc2ccccc2)CC2CCCN2C)cc(OC)c1OC. The predicted molar refractivity (Wildman–Crippen MR) is 128 cm³/mol. The van der Waals surface area contributed by atoms with Crippen LogP contribution in [0.4, 0.5) is 0 Å². The molecule has 1 aliphatic rings. The van der Waals surface area contributed by atoms with Crippen molar-refractivity contribution in [1.82, 2.24) is 9.80 Å². The molecule has 6 nitrogen and oxygen atoms in total. The van der Waals surface area contributed by atoms with Crippen LogP contribution < -0.4 is 14.2 Å². The Morgan fingerprint density at radius 1 is 1.09 bits per heavy atom. The number of hydrogen-bond donors (Lipinski definition) is 0. The molecule has 2 aromatic carbocycles.